The second-order valence-electron chi connectivity index (χ2n) is 27.0. The number of hydrogen-bond donors (Lipinski definition) is 3. The number of phosphoric ester groups is 2. The average Bonchev–Trinajstić information content (AvgIpc) is 1.04. The molecule has 0 amide bonds. The quantitative estimate of drug-likeness (QED) is 0.0169. The molecular formula is C79H146O17P2. The summed E-state index contributed by atoms with van der Waals surface area (Å²) < 4.78 is 68.6. The zero-order valence-corrected chi connectivity index (χ0v) is 64.5. The number of carbonyl (C=O) groups is 4. The Labute approximate surface area is 597 Å². The second kappa shape index (κ2) is 72.4. The molecule has 0 aromatic rings. The van der Waals surface area contributed by atoms with Crippen molar-refractivity contribution >= 4 is 39.5 Å². The van der Waals surface area contributed by atoms with Crippen LogP contribution < -0.4 is 0 Å². The molecule has 5 atom stereocenters. The number of unbranched alkanes of at least 4 members (excludes halogenated alkanes) is 42. The van der Waals surface area contributed by atoms with Crippen molar-refractivity contribution in [1.82, 2.24) is 0 Å². The van der Waals surface area contributed by atoms with Gasteiger partial charge in [0.2, 0.25) is 0 Å². The van der Waals surface area contributed by atoms with Crippen LogP contribution >= 0.6 is 15.6 Å². The molecule has 2 unspecified atom stereocenters. The summed E-state index contributed by atoms with van der Waals surface area (Å²) in [4.78, 5) is 72.9. The third kappa shape index (κ3) is 71.4. The van der Waals surface area contributed by atoms with Gasteiger partial charge in [-0.1, -0.05) is 288 Å². The maximum atomic E-state index is 13.1. The molecule has 0 rings (SSSR count). The van der Waals surface area contributed by atoms with Crippen molar-refractivity contribution in [3.05, 3.63) is 48.6 Å². The van der Waals surface area contributed by atoms with Gasteiger partial charge in [-0.05, 0) is 109 Å². The molecule has 0 aromatic carbocycles. The maximum absolute atomic E-state index is 13.1. The van der Waals surface area contributed by atoms with Crippen LogP contribution in [0.1, 0.15) is 374 Å². The van der Waals surface area contributed by atoms with E-state index in [4.69, 9.17) is 37.0 Å². The molecule has 3 N–H and O–H groups in total. The van der Waals surface area contributed by atoms with Gasteiger partial charge in [0.1, 0.15) is 19.3 Å². The lowest BCUT2D eigenvalue weighted by Crippen LogP contribution is -2.30. The highest BCUT2D eigenvalue weighted by Gasteiger charge is 2.30. The number of ether oxygens (including phenoxy) is 4. The van der Waals surface area contributed by atoms with Crippen LogP contribution in [0.5, 0.6) is 0 Å². The van der Waals surface area contributed by atoms with Crippen LogP contribution in [0.25, 0.3) is 0 Å². The van der Waals surface area contributed by atoms with Crippen molar-refractivity contribution in [3.8, 4) is 0 Å². The first-order chi connectivity index (χ1) is 47.7. The molecule has 0 aliphatic rings. The van der Waals surface area contributed by atoms with Crippen LogP contribution in [-0.2, 0) is 65.4 Å². The number of hydrogen-bond acceptors (Lipinski definition) is 15. The molecule has 0 aromatic heterocycles. The summed E-state index contributed by atoms with van der Waals surface area (Å²) >= 11 is 0. The van der Waals surface area contributed by atoms with E-state index in [1.165, 1.54) is 154 Å². The first-order valence-corrected chi connectivity index (χ1v) is 42.9. The Bertz CT molecular complexity index is 2050. The van der Waals surface area contributed by atoms with Gasteiger partial charge in [-0.3, -0.25) is 37.3 Å². The van der Waals surface area contributed by atoms with Crippen LogP contribution in [0, 0.1) is 0 Å². The fourth-order valence-electron chi connectivity index (χ4n) is 11.1. The molecule has 0 bridgehead atoms. The molecule has 0 saturated heterocycles. The fourth-order valence-corrected chi connectivity index (χ4v) is 12.7. The predicted molar refractivity (Wildman–Crippen MR) is 400 cm³/mol. The normalized spacial score (nSPS) is 14.2. The highest BCUT2D eigenvalue weighted by atomic mass is 31.2. The van der Waals surface area contributed by atoms with E-state index in [1.807, 2.05) is 0 Å². The van der Waals surface area contributed by atoms with Gasteiger partial charge in [0.25, 0.3) is 0 Å². The van der Waals surface area contributed by atoms with Gasteiger partial charge >= 0.3 is 39.5 Å². The van der Waals surface area contributed by atoms with E-state index in [0.29, 0.717) is 25.7 Å². The summed E-state index contributed by atoms with van der Waals surface area (Å²) in [5.41, 5.74) is 0. The maximum Gasteiger partial charge on any atom is 0.472 e. The lowest BCUT2D eigenvalue weighted by molar-refractivity contribution is -0.161. The van der Waals surface area contributed by atoms with Crippen LogP contribution in [0.3, 0.4) is 0 Å². The lowest BCUT2D eigenvalue weighted by Gasteiger charge is -2.21. The molecule has 0 aliphatic heterocycles. The largest absolute Gasteiger partial charge is 0.472 e. The fraction of sp³-hybridized carbons (Fsp3) is 0.848. The summed E-state index contributed by atoms with van der Waals surface area (Å²) in [6, 6.07) is 0. The Morgan fingerprint density at radius 2 is 0.500 bits per heavy atom. The third-order valence-electron chi connectivity index (χ3n) is 17.3. The van der Waals surface area contributed by atoms with Gasteiger partial charge < -0.3 is 33.8 Å². The smallest absolute Gasteiger partial charge is 0.462 e. The summed E-state index contributed by atoms with van der Waals surface area (Å²) in [7, 11) is -9.94. The topological polar surface area (TPSA) is 237 Å². The number of allylic oxidation sites excluding steroid dienone is 8. The van der Waals surface area contributed by atoms with Gasteiger partial charge in [0.05, 0.1) is 26.4 Å². The summed E-state index contributed by atoms with van der Waals surface area (Å²) in [5, 5.41) is 10.6. The average molecular weight is 1430 g/mol. The second-order valence-corrected chi connectivity index (χ2v) is 29.9. The molecule has 0 spiro atoms. The zero-order valence-electron chi connectivity index (χ0n) is 62.7. The Kier molecular flexibility index (Phi) is 70.2. The molecule has 0 fully saturated rings. The number of rotatable bonds is 76. The van der Waals surface area contributed by atoms with E-state index in [9.17, 15) is 43.2 Å². The first kappa shape index (κ1) is 95.0. The van der Waals surface area contributed by atoms with E-state index in [-0.39, 0.29) is 25.7 Å². The minimum atomic E-state index is -4.97. The monoisotopic (exact) mass is 1430 g/mol. The Morgan fingerprint density at radius 1 is 0.286 bits per heavy atom. The van der Waals surface area contributed by atoms with Crippen molar-refractivity contribution in [2.75, 3.05) is 39.6 Å². The lowest BCUT2D eigenvalue weighted by atomic mass is 10.0. The zero-order chi connectivity index (χ0) is 71.8. The molecule has 17 nitrogen and oxygen atoms in total. The Morgan fingerprint density at radius 3 is 0.786 bits per heavy atom. The standard InChI is InChI=1S/C79H146O17P2/c1-5-9-13-17-21-25-29-33-36-40-44-48-52-56-60-64-77(82)90-70-75(96-79(84)66-62-58-54-50-46-42-38-35-31-27-23-19-15-11-7-3)72-94-98(87,88)92-68-73(80)67-91-97(85,86)93-71-74(69-89-76(81)63-59-55-51-47-43-39-32-28-24-20-16-12-8-4)95-78(83)65-61-57-53-49-45-41-37-34-30-26-22-18-14-10-6-2/h21,25,33-38,73-75,80H,5-20,22-24,26-32,39-72H2,1-4H3,(H,85,86)(H,87,88)/b25-21-,36-33-,37-34-,38-35-/t73-,74+,75+/m0/s1. The summed E-state index contributed by atoms with van der Waals surface area (Å²) in [5.74, 6) is -2.17. The van der Waals surface area contributed by atoms with Crippen LogP contribution in [0.4, 0.5) is 0 Å². The van der Waals surface area contributed by atoms with E-state index in [0.717, 1.165) is 141 Å². The molecule has 0 radical (unpaired) electrons. The highest BCUT2D eigenvalue weighted by Crippen LogP contribution is 2.45. The van der Waals surface area contributed by atoms with Crippen LogP contribution in [-0.4, -0.2) is 96.7 Å². The Hall–Kier alpha value is -2.98. The predicted octanol–water partition coefficient (Wildman–Crippen LogP) is 22.9. The van der Waals surface area contributed by atoms with Gasteiger partial charge in [0, 0.05) is 25.7 Å². The van der Waals surface area contributed by atoms with Crippen molar-refractivity contribution in [1.29, 1.82) is 0 Å². The molecule has 98 heavy (non-hydrogen) atoms. The van der Waals surface area contributed by atoms with E-state index >= 15 is 0 Å². The number of aliphatic hydroxyl groups is 1. The first-order valence-electron chi connectivity index (χ1n) is 39.9. The minimum Gasteiger partial charge on any atom is -0.462 e. The van der Waals surface area contributed by atoms with Crippen molar-refractivity contribution in [2.24, 2.45) is 0 Å². The van der Waals surface area contributed by atoms with E-state index < -0.39 is 97.5 Å². The highest BCUT2D eigenvalue weighted by molar-refractivity contribution is 7.47. The van der Waals surface area contributed by atoms with E-state index in [1.54, 1.807) is 0 Å². The van der Waals surface area contributed by atoms with Gasteiger partial charge in [-0.25, -0.2) is 9.13 Å². The molecule has 0 saturated carbocycles. The van der Waals surface area contributed by atoms with Gasteiger partial charge in [-0.15, -0.1) is 0 Å². The Balaban J connectivity index is 5.34. The summed E-state index contributed by atoms with van der Waals surface area (Å²) in [6.07, 6.45) is 69.4. The number of aliphatic hydroxyl groups excluding tert-OH is 1. The van der Waals surface area contributed by atoms with Gasteiger partial charge in [0.15, 0.2) is 12.2 Å². The molecule has 574 valence electrons. The number of esters is 4. The molecular weight excluding hydrogens is 1280 g/mol. The number of carbonyl (C=O) groups excluding carboxylic acids is 4. The third-order valence-corrected chi connectivity index (χ3v) is 19.2. The van der Waals surface area contributed by atoms with Gasteiger partial charge in [-0.2, -0.15) is 0 Å². The molecule has 19 heteroatoms. The van der Waals surface area contributed by atoms with Crippen LogP contribution in [0.2, 0.25) is 0 Å². The SMILES string of the molecule is CCCCC/C=C\C/C=C\CCCCCCCC(=O)OC[C@H](COP(=O)(O)OC[C@@H](O)COP(=O)(O)OC[C@@H](COC(=O)CCCCCCCCCCCCCCC)OC(=O)CCCCCCC/C=C\CCCCCCCC)OC(=O)CCCCCCC/C=C\CCCCCCCC. The van der Waals surface area contributed by atoms with E-state index in [2.05, 4.69) is 76.3 Å². The van der Waals surface area contributed by atoms with Crippen LogP contribution in [0.15, 0.2) is 48.6 Å². The van der Waals surface area contributed by atoms with Crippen molar-refractivity contribution < 1.29 is 80.2 Å². The molecule has 0 heterocycles. The van der Waals surface area contributed by atoms with Crippen molar-refractivity contribution in [2.45, 2.75) is 393 Å². The van der Waals surface area contributed by atoms with Crippen molar-refractivity contribution in [3.63, 3.8) is 0 Å². The molecule has 0 aliphatic carbocycles. The number of phosphoric acid groups is 2. The minimum absolute atomic E-state index is 0.0868. The summed E-state index contributed by atoms with van der Waals surface area (Å²) in [6.45, 7) is 4.88.